The maximum absolute atomic E-state index is 10.5. The number of piperidine rings is 1. The number of rotatable bonds is 7. The van der Waals surface area contributed by atoms with Gasteiger partial charge in [-0.2, -0.15) is 0 Å². The van der Waals surface area contributed by atoms with E-state index in [-0.39, 0.29) is 6.10 Å². The Kier molecular flexibility index (Phi) is 6.29. The van der Waals surface area contributed by atoms with Crippen LogP contribution in [0.5, 0.6) is 5.75 Å². The molecule has 1 aliphatic rings. The molecule has 0 radical (unpaired) electrons. The molecule has 0 bridgehead atoms. The van der Waals surface area contributed by atoms with E-state index in [9.17, 15) is 4.79 Å². The lowest BCUT2D eigenvalue weighted by Gasteiger charge is -2.31. The number of aldehydes is 1. The maximum atomic E-state index is 10.5. The number of likely N-dealkylation sites (tertiary alicyclic amines) is 1. The van der Waals surface area contributed by atoms with Crippen molar-refractivity contribution in [1.29, 1.82) is 0 Å². The molecule has 3 aromatic rings. The largest absolute Gasteiger partial charge is 0.490 e. The lowest BCUT2D eigenvalue weighted by Crippen LogP contribution is -2.38. The summed E-state index contributed by atoms with van der Waals surface area (Å²) in [6.45, 7) is 2.85. The molecular formula is C25H29N3O2. The number of aromatic nitrogens is 1. The van der Waals surface area contributed by atoms with Gasteiger partial charge in [0.1, 0.15) is 18.1 Å². The molecule has 4 rings (SSSR count). The molecular weight excluding hydrogens is 374 g/mol. The van der Waals surface area contributed by atoms with E-state index < -0.39 is 0 Å². The summed E-state index contributed by atoms with van der Waals surface area (Å²) < 4.78 is 6.23. The molecule has 30 heavy (non-hydrogen) atoms. The number of pyridine rings is 1. The Hall–Kier alpha value is -2.92. The van der Waals surface area contributed by atoms with Crippen molar-refractivity contribution in [3.05, 3.63) is 54.7 Å². The second-order valence-electron chi connectivity index (χ2n) is 8.07. The highest BCUT2D eigenvalue weighted by Gasteiger charge is 2.20. The lowest BCUT2D eigenvalue weighted by atomic mass is 10.00. The Morgan fingerprint density at radius 2 is 1.87 bits per heavy atom. The fourth-order valence-electron chi connectivity index (χ4n) is 4.21. The predicted octanol–water partition coefficient (Wildman–Crippen LogP) is 4.40. The third kappa shape index (κ3) is 4.46. The van der Waals surface area contributed by atoms with E-state index in [4.69, 9.17) is 4.74 Å². The first-order valence-electron chi connectivity index (χ1n) is 10.6. The molecule has 2 heterocycles. The molecule has 5 nitrogen and oxygen atoms in total. The molecule has 0 aliphatic carbocycles. The minimum Gasteiger partial charge on any atom is -0.490 e. The molecule has 0 amide bonds. The average Bonchev–Trinajstić information content (AvgIpc) is 2.78. The second kappa shape index (κ2) is 9.26. The Labute approximate surface area is 178 Å². The Morgan fingerprint density at radius 1 is 1.10 bits per heavy atom. The van der Waals surface area contributed by atoms with Crippen LogP contribution in [0.25, 0.3) is 22.0 Å². The van der Waals surface area contributed by atoms with Crippen molar-refractivity contribution in [3.63, 3.8) is 0 Å². The first kappa shape index (κ1) is 20.4. The number of hydrogen-bond acceptors (Lipinski definition) is 5. The van der Waals surface area contributed by atoms with Crippen LogP contribution in [0.2, 0.25) is 0 Å². The molecule has 5 heteroatoms. The molecule has 1 saturated heterocycles. The van der Waals surface area contributed by atoms with E-state index in [1.165, 1.54) is 5.56 Å². The number of anilines is 1. The van der Waals surface area contributed by atoms with Crippen molar-refractivity contribution in [2.24, 2.45) is 0 Å². The zero-order valence-corrected chi connectivity index (χ0v) is 17.8. The number of fused-ring (bicyclic) bond motifs is 1. The van der Waals surface area contributed by atoms with E-state index in [2.05, 4.69) is 71.3 Å². The monoisotopic (exact) mass is 403 g/mol. The van der Waals surface area contributed by atoms with E-state index >= 15 is 0 Å². The molecule has 2 aromatic carbocycles. The van der Waals surface area contributed by atoms with Gasteiger partial charge in [-0.25, -0.2) is 0 Å². The van der Waals surface area contributed by atoms with Crippen molar-refractivity contribution in [1.82, 2.24) is 9.88 Å². The zero-order chi connectivity index (χ0) is 20.9. The lowest BCUT2D eigenvalue weighted by molar-refractivity contribution is -0.108. The summed E-state index contributed by atoms with van der Waals surface area (Å²) in [6.07, 6.45) is 5.71. The SMILES string of the molecule is CN(C)c1c(-c2ccc(OC3CCN(CCC=O)CC3)cc2)ccc2cccnc12. The van der Waals surface area contributed by atoms with Crippen molar-refractivity contribution in [2.75, 3.05) is 38.6 Å². The van der Waals surface area contributed by atoms with Crippen LogP contribution in [-0.2, 0) is 4.79 Å². The number of hydrogen-bond donors (Lipinski definition) is 0. The molecule has 1 aromatic heterocycles. The highest BCUT2D eigenvalue weighted by atomic mass is 16.5. The van der Waals surface area contributed by atoms with Crippen LogP contribution in [0.3, 0.4) is 0 Å². The van der Waals surface area contributed by atoms with Crippen molar-refractivity contribution >= 4 is 22.9 Å². The van der Waals surface area contributed by atoms with E-state index in [0.29, 0.717) is 6.42 Å². The van der Waals surface area contributed by atoms with E-state index in [1.54, 1.807) is 0 Å². The van der Waals surface area contributed by atoms with Gasteiger partial charge in [-0.15, -0.1) is 0 Å². The third-order valence-corrected chi connectivity index (χ3v) is 5.76. The molecule has 0 saturated carbocycles. The van der Waals surface area contributed by atoms with Gasteiger partial charge in [0.05, 0.1) is 11.2 Å². The zero-order valence-electron chi connectivity index (χ0n) is 17.8. The van der Waals surface area contributed by atoms with Crippen LogP contribution >= 0.6 is 0 Å². The highest BCUT2D eigenvalue weighted by molar-refractivity contribution is 5.99. The average molecular weight is 404 g/mol. The van der Waals surface area contributed by atoms with Crippen molar-refractivity contribution in [2.45, 2.75) is 25.4 Å². The third-order valence-electron chi connectivity index (χ3n) is 5.76. The Bertz CT molecular complexity index is 993. The summed E-state index contributed by atoms with van der Waals surface area (Å²) in [4.78, 5) is 19.6. The van der Waals surface area contributed by atoms with Gasteiger partial charge in [-0.1, -0.05) is 30.3 Å². The smallest absolute Gasteiger partial charge is 0.121 e. The van der Waals surface area contributed by atoms with Crippen LogP contribution in [0.15, 0.2) is 54.7 Å². The molecule has 0 atom stereocenters. The Morgan fingerprint density at radius 3 is 2.57 bits per heavy atom. The van der Waals surface area contributed by atoms with Crippen LogP contribution in [0.1, 0.15) is 19.3 Å². The van der Waals surface area contributed by atoms with Crippen molar-refractivity contribution < 1.29 is 9.53 Å². The normalized spacial score (nSPS) is 15.3. The van der Waals surface area contributed by atoms with Crippen LogP contribution in [-0.4, -0.2) is 56.0 Å². The topological polar surface area (TPSA) is 45.7 Å². The van der Waals surface area contributed by atoms with Gasteiger partial charge < -0.3 is 19.3 Å². The van der Waals surface area contributed by atoms with Crippen LogP contribution in [0.4, 0.5) is 5.69 Å². The number of nitrogens with zero attached hydrogens (tertiary/aromatic N) is 3. The molecule has 1 fully saturated rings. The van der Waals surface area contributed by atoms with Gasteiger partial charge >= 0.3 is 0 Å². The summed E-state index contributed by atoms with van der Waals surface area (Å²) in [5, 5.41) is 1.14. The first-order valence-corrected chi connectivity index (χ1v) is 10.6. The summed E-state index contributed by atoms with van der Waals surface area (Å²) in [5.41, 5.74) is 4.47. The first-order chi connectivity index (χ1) is 14.7. The van der Waals surface area contributed by atoms with Gasteiger partial charge in [-0.3, -0.25) is 4.98 Å². The van der Waals surface area contributed by atoms with Gasteiger partial charge in [-0.05, 0) is 36.6 Å². The van der Waals surface area contributed by atoms with E-state index in [1.807, 2.05) is 12.3 Å². The highest BCUT2D eigenvalue weighted by Crippen LogP contribution is 2.36. The van der Waals surface area contributed by atoms with E-state index in [0.717, 1.165) is 66.7 Å². The summed E-state index contributed by atoms with van der Waals surface area (Å²) >= 11 is 0. The summed E-state index contributed by atoms with van der Waals surface area (Å²) in [6, 6.07) is 16.8. The fraction of sp³-hybridized carbons (Fsp3) is 0.360. The quantitative estimate of drug-likeness (QED) is 0.547. The standard InChI is InChI=1S/C25H29N3O2/c1-27(2)25-23(11-8-20-5-3-14-26-24(20)25)19-6-9-21(10-7-19)30-22-12-16-28(17-13-22)15-4-18-29/h3,5-11,14,18,22H,4,12-13,15-17H2,1-2H3. The van der Waals surface area contributed by atoms with Crippen LogP contribution in [0, 0.1) is 0 Å². The minimum absolute atomic E-state index is 0.241. The molecule has 1 aliphatic heterocycles. The molecule has 0 spiro atoms. The summed E-state index contributed by atoms with van der Waals surface area (Å²) in [7, 11) is 4.12. The molecule has 0 unspecified atom stereocenters. The second-order valence-corrected chi connectivity index (χ2v) is 8.07. The number of carbonyl (C=O) groups is 1. The number of ether oxygens (including phenoxy) is 1. The van der Waals surface area contributed by atoms with Gasteiger partial charge in [0.25, 0.3) is 0 Å². The number of carbonyl (C=O) groups excluding carboxylic acids is 1. The molecule has 0 N–H and O–H groups in total. The van der Waals surface area contributed by atoms with Crippen LogP contribution < -0.4 is 9.64 Å². The molecule has 156 valence electrons. The van der Waals surface area contributed by atoms with Gasteiger partial charge in [0.2, 0.25) is 0 Å². The van der Waals surface area contributed by atoms with Gasteiger partial charge in [0.15, 0.2) is 0 Å². The summed E-state index contributed by atoms with van der Waals surface area (Å²) in [5.74, 6) is 0.912. The fourth-order valence-corrected chi connectivity index (χ4v) is 4.21. The maximum Gasteiger partial charge on any atom is 0.121 e. The Balaban J connectivity index is 1.48. The van der Waals surface area contributed by atoms with Crippen molar-refractivity contribution in [3.8, 4) is 16.9 Å². The predicted molar refractivity (Wildman–Crippen MR) is 122 cm³/mol. The minimum atomic E-state index is 0.241. The van der Waals surface area contributed by atoms with Gasteiger partial charge in [0, 0.05) is 57.3 Å². The number of benzene rings is 2.